The fourth-order valence-corrected chi connectivity index (χ4v) is 2.87. The van der Waals surface area contributed by atoms with E-state index in [9.17, 15) is 27.2 Å². The van der Waals surface area contributed by atoms with Crippen LogP contribution in [0.2, 0.25) is 0 Å². The zero-order chi connectivity index (χ0) is 21.9. The number of carbonyl (C=O) groups is 2. The third-order valence-electron chi connectivity index (χ3n) is 4.62. The average molecular weight is 424 g/mol. The highest BCUT2D eigenvalue weighted by Gasteiger charge is 2.51. The van der Waals surface area contributed by atoms with E-state index in [0.717, 1.165) is 5.56 Å². The number of rotatable bonds is 7. The Morgan fingerprint density at radius 2 is 1.77 bits per heavy atom. The maximum atomic E-state index is 13.9. The van der Waals surface area contributed by atoms with Crippen molar-refractivity contribution < 1.29 is 31.9 Å². The number of halogens is 4. The van der Waals surface area contributed by atoms with Gasteiger partial charge in [0.25, 0.3) is 0 Å². The van der Waals surface area contributed by atoms with Gasteiger partial charge in [-0.1, -0.05) is 18.2 Å². The summed E-state index contributed by atoms with van der Waals surface area (Å²) in [5.41, 5.74) is 0.209. The molecule has 0 spiro atoms. The number of nitrogens with one attached hydrogen (secondary N) is 2. The first-order valence-corrected chi connectivity index (χ1v) is 9.25. The van der Waals surface area contributed by atoms with E-state index in [1.807, 2.05) is 0 Å². The second-order valence-electron chi connectivity index (χ2n) is 7.28. The van der Waals surface area contributed by atoms with Crippen LogP contribution >= 0.6 is 0 Å². The molecule has 2 aromatic carbocycles. The minimum Gasteiger partial charge on any atom is -0.454 e. The van der Waals surface area contributed by atoms with Gasteiger partial charge in [-0.15, -0.1) is 0 Å². The van der Waals surface area contributed by atoms with Gasteiger partial charge in [0.1, 0.15) is 17.7 Å². The van der Waals surface area contributed by atoms with E-state index in [1.165, 1.54) is 12.1 Å². The zero-order valence-electron chi connectivity index (χ0n) is 16.1. The second-order valence-corrected chi connectivity index (χ2v) is 7.28. The molecule has 1 saturated carbocycles. The molecule has 1 aliphatic carbocycles. The van der Waals surface area contributed by atoms with Gasteiger partial charge >= 0.3 is 6.18 Å². The molecule has 0 aliphatic heterocycles. The van der Waals surface area contributed by atoms with E-state index in [0.29, 0.717) is 11.3 Å². The summed E-state index contributed by atoms with van der Waals surface area (Å²) < 4.78 is 56.2. The molecule has 2 N–H and O–H groups in total. The van der Waals surface area contributed by atoms with E-state index in [-0.39, 0.29) is 25.1 Å². The first kappa shape index (κ1) is 21.6. The lowest BCUT2D eigenvalue weighted by atomic mass is 10.2. The second kappa shape index (κ2) is 8.33. The van der Waals surface area contributed by atoms with E-state index >= 15 is 0 Å². The van der Waals surface area contributed by atoms with Crippen LogP contribution in [0.15, 0.2) is 42.5 Å². The van der Waals surface area contributed by atoms with Crippen LogP contribution in [0.3, 0.4) is 0 Å². The largest absolute Gasteiger partial charge is 0.454 e. The predicted octanol–water partition coefficient (Wildman–Crippen LogP) is 4.14. The SMILES string of the molecule is Cc1ccc(Oc2ccc(CNC(=O)C3(NC(=O)CC(F)(F)F)CC3)cc2)c(F)c1. The molecule has 0 aromatic heterocycles. The van der Waals surface area contributed by atoms with Crippen molar-refractivity contribution in [1.82, 2.24) is 10.6 Å². The van der Waals surface area contributed by atoms with Crippen molar-refractivity contribution in [1.29, 1.82) is 0 Å². The van der Waals surface area contributed by atoms with Gasteiger partial charge in [0.2, 0.25) is 11.8 Å². The third kappa shape index (κ3) is 5.71. The van der Waals surface area contributed by atoms with Crippen molar-refractivity contribution in [2.45, 2.75) is 44.4 Å². The third-order valence-corrected chi connectivity index (χ3v) is 4.62. The summed E-state index contributed by atoms with van der Waals surface area (Å²) in [6, 6.07) is 11.2. The van der Waals surface area contributed by atoms with Gasteiger partial charge < -0.3 is 15.4 Å². The number of aryl methyl sites for hydroxylation is 1. The molecule has 30 heavy (non-hydrogen) atoms. The van der Waals surface area contributed by atoms with Crippen LogP contribution in [0.5, 0.6) is 11.5 Å². The van der Waals surface area contributed by atoms with Crippen molar-refractivity contribution in [3.05, 3.63) is 59.4 Å². The Morgan fingerprint density at radius 3 is 2.33 bits per heavy atom. The van der Waals surface area contributed by atoms with Crippen molar-refractivity contribution in [3.8, 4) is 11.5 Å². The summed E-state index contributed by atoms with van der Waals surface area (Å²) in [5.74, 6) is -1.73. The van der Waals surface area contributed by atoms with E-state index in [4.69, 9.17) is 4.74 Å². The van der Waals surface area contributed by atoms with Gasteiger partial charge in [0, 0.05) is 6.54 Å². The predicted molar refractivity (Wildman–Crippen MR) is 100 cm³/mol. The summed E-state index contributed by atoms with van der Waals surface area (Å²) in [6.45, 7) is 1.89. The first-order valence-electron chi connectivity index (χ1n) is 9.25. The normalized spacial score (nSPS) is 14.7. The highest BCUT2D eigenvalue weighted by atomic mass is 19.4. The zero-order valence-corrected chi connectivity index (χ0v) is 16.1. The molecule has 2 aromatic rings. The maximum Gasteiger partial charge on any atom is 0.397 e. The van der Waals surface area contributed by atoms with Crippen molar-refractivity contribution in [2.75, 3.05) is 0 Å². The minimum atomic E-state index is -4.62. The Labute approximate surface area is 170 Å². The Bertz CT molecular complexity index is 938. The Balaban J connectivity index is 1.52. The number of alkyl halides is 3. The highest BCUT2D eigenvalue weighted by Crippen LogP contribution is 2.36. The fraction of sp³-hybridized carbons (Fsp3) is 0.333. The maximum absolute atomic E-state index is 13.9. The molecule has 5 nitrogen and oxygen atoms in total. The molecule has 1 aliphatic rings. The van der Waals surface area contributed by atoms with Crippen LogP contribution < -0.4 is 15.4 Å². The molecule has 0 bridgehead atoms. The molecule has 0 heterocycles. The average Bonchev–Trinajstić information content (AvgIpc) is 3.42. The van der Waals surface area contributed by atoms with Gasteiger partial charge in [-0.05, 0) is 55.2 Å². The molecule has 3 rings (SSSR count). The summed E-state index contributed by atoms with van der Waals surface area (Å²) in [6.07, 6.45) is -5.67. The molecule has 9 heteroatoms. The van der Waals surface area contributed by atoms with Crippen LogP contribution in [0.4, 0.5) is 17.6 Å². The number of hydrogen-bond acceptors (Lipinski definition) is 3. The Kier molecular flexibility index (Phi) is 6.00. The topological polar surface area (TPSA) is 67.4 Å². The summed E-state index contributed by atoms with van der Waals surface area (Å²) >= 11 is 0. The van der Waals surface area contributed by atoms with Gasteiger partial charge in [0.05, 0.1) is 0 Å². The van der Waals surface area contributed by atoms with Crippen LogP contribution in [-0.2, 0) is 16.1 Å². The molecular formula is C21H20F4N2O3. The van der Waals surface area contributed by atoms with Crippen LogP contribution in [-0.4, -0.2) is 23.5 Å². The van der Waals surface area contributed by atoms with Crippen LogP contribution in [0.1, 0.15) is 30.4 Å². The lowest BCUT2D eigenvalue weighted by Gasteiger charge is -2.18. The van der Waals surface area contributed by atoms with Gasteiger partial charge in [-0.3, -0.25) is 9.59 Å². The molecule has 0 unspecified atom stereocenters. The van der Waals surface area contributed by atoms with Crippen molar-refractivity contribution in [3.63, 3.8) is 0 Å². The minimum absolute atomic E-state index is 0.0897. The van der Waals surface area contributed by atoms with Crippen molar-refractivity contribution in [2.24, 2.45) is 0 Å². The van der Waals surface area contributed by atoms with E-state index < -0.39 is 35.8 Å². The van der Waals surface area contributed by atoms with Gasteiger partial charge in [-0.2, -0.15) is 13.2 Å². The number of amides is 2. The van der Waals surface area contributed by atoms with Crippen LogP contribution in [0.25, 0.3) is 0 Å². The molecule has 160 valence electrons. The van der Waals surface area contributed by atoms with E-state index in [2.05, 4.69) is 10.6 Å². The number of benzene rings is 2. The molecule has 2 amide bonds. The molecule has 0 radical (unpaired) electrons. The summed E-state index contributed by atoms with van der Waals surface area (Å²) in [7, 11) is 0. The number of ether oxygens (including phenoxy) is 1. The van der Waals surface area contributed by atoms with Crippen LogP contribution in [0, 0.1) is 12.7 Å². The van der Waals surface area contributed by atoms with Gasteiger partial charge in [0.15, 0.2) is 11.6 Å². The van der Waals surface area contributed by atoms with Crippen molar-refractivity contribution >= 4 is 11.8 Å². The monoisotopic (exact) mass is 424 g/mol. The van der Waals surface area contributed by atoms with Gasteiger partial charge in [-0.25, -0.2) is 4.39 Å². The summed E-state index contributed by atoms with van der Waals surface area (Å²) in [4.78, 5) is 23.8. The molecule has 0 atom stereocenters. The number of hydrogen-bond donors (Lipinski definition) is 2. The quantitative estimate of drug-likeness (QED) is 0.657. The highest BCUT2D eigenvalue weighted by molar-refractivity contribution is 5.94. The standard InChI is InChI=1S/C21H20F4N2O3/c1-13-2-7-17(16(22)10-13)30-15-5-3-14(4-6-15)12-26-19(29)20(8-9-20)27-18(28)11-21(23,24)25/h2-7,10H,8-9,11-12H2,1H3,(H,26,29)(H,27,28). The van der Waals surface area contributed by atoms with E-state index in [1.54, 1.807) is 37.3 Å². The Hall–Kier alpha value is -3.10. The number of carbonyl (C=O) groups excluding carboxylic acids is 2. The lowest BCUT2D eigenvalue weighted by Crippen LogP contribution is -2.49. The summed E-state index contributed by atoms with van der Waals surface area (Å²) in [5, 5.41) is 4.80. The molecule has 1 fully saturated rings. The smallest absolute Gasteiger partial charge is 0.397 e. The fourth-order valence-electron chi connectivity index (χ4n) is 2.87. The molecular weight excluding hydrogens is 404 g/mol. The molecule has 0 saturated heterocycles. The Morgan fingerprint density at radius 1 is 1.10 bits per heavy atom. The first-order chi connectivity index (χ1) is 14.1. The lowest BCUT2D eigenvalue weighted by molar-refractivity contribution is -0.155.